The number of guanidine groups is 1. The molecule has 5 heterocycles. The predicted octanol–water partition coefficient (Wildman–Crippen LogP) is -1.88. The summed E-state index contributed by atoms with van der Waals surface area (Å²) in [7, 11) is 3.99. The van der Waals surface area contributed by atoms with Gasteiger partial charge in [0.15, 0.2) is 5.96 Å². The maximum Gasteiger partial charge on any atom is 0.246 e. The van der Waals surface area contributed by atoms with Gasteiger partial charge in [-0.2, -0.15) is 0 Å². The van der Waals surface area contributed by atoms with Crippen LogP contribution in [-0.2, 0) is 101 Å². The van der Waals surface area contributed by atoms with Crippen molar-refractivity contribution in [3.8, 4) is 5.75 Å². The number of aliphatic hydroxyl groups is 1. The Morgan fingerprint density at radius 3 is 1.63 bits per heavy atom. The van der Waals surface area contributed by atoms with E-state index < -0.39 is 235 Å². The van der Waals surface area contributed by atoms with Crippen molar-refractivity contribution in [1.82, 2.24) is 93.0 Å². The number of nitrogens with two attached hydrogens (primary N) is 4. The van der Waals surface area contributed by atoms with Crippen molar-refractivity contribution in [2.75, 3.05) is 65.4 Å². The molecule has 5 aromatic rings. The second kappa shape index (κ2) is 50.8. The molecule has 3 aliphatic heterocycles. The van der Waals surface area contributed by atoms with E-state index in [0.29, 0.717) is 64.2 Å². The van der Waals surface area contributed by atoms with E-state index >= 15 is 33.6 Å². The molecule has 3 aliphatic rings. The van der Waals surface area contributed by atoms with Gasteiger partial charge in [-0.15, -0.1) is 11.8 Å². The van der Waals surface area contributed by atoms with Crippen LogP contribution in [0.3, 0.4) is 0 Å². The van der Waals surface area contributed by atoms with Gasteiger partial charge in [0.1, 0.15) is 90.3 Å². The first-order valence-electron chi connectivity index (χ1n) is 45.5. The molecule has 24 N–H and O–H groups in total. The number of amides is 17. The number of phenols is 1. The molecular formula is C91H133N23O19S. The van der Waals surface area contributed by atoms with Gasteiger partial charge in [0.25, 0.3) is 0 Å². The van der Waals surface area contributed by atoms with Crippen molar-refractivity contribution in [2.24, 2.45) is 34.8 Å². The Morgan fingerprint density at radius 1 is 0.522 bits per heavy atom. The molecule has 134 heavy (non-hydrogen) atoms. The number of nitrogens with zero attached hydrogens (tertiary/aromatic N) is 5. The second-order valence-corrected chi connectivity index (χ2v) is 36.4. The molecule has 0 spiro atoms. The number of hydrogen-bond donors (Lipinski definition) is 20. The minimum absolute atomic E-state index is 0.00158. The van der Waals surface area contributed by atoms with Crippen LogP contribution in [0.5, 0.6) is 5.75 Å². The van der Waals surface area contributed by atoms with Gasteiger partial charge in [0.2, 0.25) is 100 Å². The minimum atomic E-state index is -1.77. The van der Waals surface area contributed by atoms with E-state index in [1.807, 2.05) is 26.0 Å². The van der Waals surface area contributed by atoms with Crippen LogP contribution < -0.4 is 81.4 Å². The number of hydrogen-bond acceptors (Lipinski definition) is 22. The van der Waals surface area contributed by atoms with Crippen molar-refractivity contribution in [1.29, 1.82) is 5.41 Å². The van der Waals surface area contributed by atoms with Gasteiger partial charge in [0, 0.05) is 113 Å². The maximum atomic E-state index is 15.9. The highest BCUT2D eigenvalue weighted by Gasteiger charge is 2.47. The molecule has 43 heteroatoms. The van der Waals surface area contributed by atoms with Crippen molar-refractivity contribution >= 4 is 140 Å². The SMILES string of the molecule is CCCC[C@H]1C(=O)N(C)[C@@H](CCCC)C(=O)N[C@@H](CCCNC(=N)N)C(=O)N[C@H](C(=O)NCC(N)=O)CSCC(=O)N[C@@H](Cc2ccc(O)cc2)C(=O)N(C)[C@@H](C)C(=O)N[C@@H](CC(N)=O)C(=O)N2CCC[C@H]2C(=O)N[C@@H](CN)C(=O)N[C@@H](CC(C)C)C(=O)N2C[C@H](O)C[C@H]2C(=O)N[C@@H](Cc2c[nH]c3ccccc23)C(=O)N[C@@H](CC(C)C)C(=O)N[C@@H](Cc2c[nH]c3ccccc23)C(=O)N1C. The fraction of sp³-hybridized carbons (Fsp3) is 0.560. The number of aliphatic hydroxyl groups excluding tert-OH is 1. The first kappa shape index (κ1) is 106. The standard InChI is InChI=1S/C91H133N23O19S/c1-11-13-26-70-83(126)102-61(25-19-33-97-91(95)96)79(122)109-69(78(121)100-45-75(94)118)47-134-48-76(119)101-65(37-52-29-31-55(115)32-30-52)86(129)110(8)51(7)77(120)105-67(41-74(93)117)88(131)113-34-20-28-71(113)84(127)108-68(42-92)82(125)106-64(36-50(5)6)89(132)114-46-56(116)40-73(114)85(128)104-63(38-53-43-98-59-23-17-15-21-57(53)59)81(124)103-62(35-49(3)4)80(123)107-66(39-54-44-99-60-24-18-16-22-58(54)60)87(130)112(10)72(27-14-12-2)90(133)111(70)9/h15-18,21-24,29-32,43-44,49-51,56,61-73,98-99,115-116H,11-14,19-20,25-28,33-42,45-48,92H2,1-10H3,(H2,93,117)(H2,94,118)(H,100,121)(H,101,119)(H,102,126)(H,103,124)(H,104,128)(H,105,120)(H,106,125)(H,107,123)(H,108,127)(H,109,122)(H4,95,96,97)/t51-,56+,61-,62-,63-,64-,65-,66-,67-,68-,69-,70-,71-,72-,73-/m0/s1. The maximum absolute atomic E-state index is 15.9. The lowest BCUT2D eigenvalue weighted by Gasteiger charge is -2.36. The molecule has 42 nitrogen and oxygen atoms in total. The molecule has 0 radical (unpaired) electrons. The first-order valence-corrected chi connectivity index (χ1v) is 46.7. The zero-order chi connectivity index (χ0) is 98.5. The van der Waals surface area contributed by atoms with Gasteiger partial charge in [-0.25, -0.2) is 0 Å². The summed E-state index contributed by atoms with van der Waals surface area (Å²) in [6.45, 7) is 10.3. The molecule has 2 aromatic heterocycles. The smallest absolute Gasteiger partial charge is 0.246 e. The summed E-state index contributed by atoms with van der Waals surface area (Å²) in [5.74, 6) is -17.7. The number of H-pyrrole nitrogens is 2. The van der Waals surface area contributed by atoms with Gasteiger partial charge in [-0.1, -0.05) is 116 Å². The van der Waals surface area contributed by atoms with Crippen molar-refractivity contribution < 1.29 is 91.7 Å². The molecule has 8 rings (SSSR count). The highest BCUT2D eigenvalue weighted by atomic mass is 32.2. The number of aromatic amines is 2. The number of likely N-dealkylation sites (N-methyl/N-ethyl adjacent to an activating group) is 3. The molecule has 0 aliphatic carbocycles. The van der Waals surface area contributed by atoms with Gasteiger partial charge >= 0.3 is 0 Å². The normalized spacial score (nSPS) is 24.9. The van der Waals surface area contributed by atoms with E-state index in [0.717, 1.165) is 26.5 Å². The van der Waals surface area contributed by atoms with E-state index in [9.17, 15) is 58.2 Å². The quantitative estimate of drug-likeness (QED) is 0.0164. The number of fused-ring (bicyclic) bond motifs is 4. The Kier molecular flexibility index (Phi) is 40.3. The van der Waals surface area contributed by atoms with Crippen LogP contribution in [0.1, 0.15) is 155 Å². The number of carbonyl (C=O) groups excluding carboxylic acids is 17. The average molecular weight is 1890 g/mol. The molecular weight excluding hydrogens is 1750 g/mol. The number of aromatic nitrogens is 2. The number of primary amides is 2. The largest absolute Gasteiger partial charge is 0.508 e. The van der Waals surface area contributed by atoms with Crippen LogP contribution in [0.25, 0.3) is 21.8 Å². The number of nitrogens with one attached hydrogen (secondary N) is 14. The Bertz CT molecular complexity index is 5010. The van der Waals surface area contributed by atoms with Gasteiger partial charge in [-0.3, -0.25) is 86.9 Å². The monoisotopic (exact) mass is 1880 g/mol. The van der Waals surface area contributed by atoms with Crippen LogP contribution in [0.2, 0.25) is 0 Å². The van der Waals surface area contributed by atoms with Crippen LogP contribution in [0.15, 0.2) is 85.2 Å². The summed E-state index contributed by atoms with van der Waals surface area (Å²) in [6.07, 6.45) is 1.80. The van der Waals surface area contributed by atoms with Crippen LogP contribution in [0, 0.1) is 17.2 Å². The number of carbonyl (C=O) groups is 17. The van der Waals surface area contributed by atoms with E-state index in [1.54, 1.807) is 76.5 Å². The zero-order valence-corrected chi connectivity index (χ0v) is 78.5. The van der Waals surface area contributed by atoms with Gasteiger partial charge in [0.05, 0.1) is 24.8 Å². The fourth-order valence-corrected chi connectivity index (χ4v) is 17.6. The van der Waals surface area contributed by atoms with Crippen LogP contribution in [-0.4, -0.2) is 307 Å². The Balaban J connectivity index is 1.20. The van der Waals surface area contributed by atoms with Gasteiger partial charge < -0.3 is 126 Å². The third kappa shape index (κ3) is 30.0. The van der Waals surface area contributed by atoms with Crippen molar-refractivity contribution in [3.63, 3.8) is 0 Å². The number of thioether (sulfide) groups is 1. The van der Waals surface area contributed by atoms with E-state index in [1.165, 1.54) is 62.1 Å². The highest BCUT2D eigenvalue weighted by Crippen LogP contribution is 2.28. The Morgan fingerprint density at radius 2 is 1.03 bits per heavy atom. The molecule has 15 atom stereocenters. The molecule has 0 bridgehead atoms. The zero-order valence-electron chi connectivity index (χ0n) is 77.7. The van der Waals surface area contributed by atoms with E-state index in [2.05, 4.69) is 68.5 Å². The molecule has 0 unspecified atom stereocenters. The summed E-state index contributed by atoms with van der Waals surface area (Å²) in [4.78, 5) is 262. The molecule has 0 saturated carbocycles. The summed E-state index contributed by atoms with van der Waals surface area (Å²) >= 11 is 0.770. The van der Waals surface area contributed by atoms with Crippen molar-refractivity contribution in [2.45, 2.75) is 248 Å². The Hall–Kier alpha value is -12.9. The topological polar surface area (TPSA) is 639 Å². The lowest BCUT2D eigenvalue weighted by atomic mass is 9.98. The number of phenolic OH excluding ortho intramolecular Hbond substituents is 1. The average Bonchev–Trinajstić information content (AvgIpc) is 1.57. The number of aromatic hydroxyl groups is 1. The third-order valence-electron chi connectivity index (χ3n) is 24.1. The summed E-state index contributed by atoms with van der Waals surface area (Å²) in [5.41, 5.74) is 25.9. The molecule has 17 amide bonds. The highest BCUT2D eigenvalue weighted by molar-refractivity contribution is 8.00. The Labute approximate surface area is 782 Å². The molecule has 3 fully saturated rings. The number of unbranched alkanes of at least 4 members (excludes halogenated alkanes) is 2. The lowest BCUT2D eigenvalue weighted by Crippen LogP contribution is -2.62. The van der Waals surface area contributed by atoms with Crippen LogP contribution >= 0.6 is 11.8 Å². The molecule has 3 aromatic carbocycles. The first-order chi connectivity index (χ1) is 63.6. The summed E-state index contributed by atoms with van der Waals surface area (Å²) in [5, 5.41) is 60.3. The number of rotatable bonds is 26. The van der Waals surface area contributed by atoms with Crippen molar-refractivity contribution in [3.05, 3.63) is 102 Å². The van der Waals surface area contributed by atoms with E-state index in [-0.39, 0.29) is 108 Å². The number of para-hydroxylation sites is 2. The van der Waals surface area contributed by atoms with Gasteiger partial charge in [-0.05, 0) is 111 Å². The van der Waals surface area contributed by atoms with Crippen LogP contribution in [0.4, 0.5) is 0 Å². The summed E-state index contributed by atoms with van der Waals surface area (Å²) in [6, 6.07) is -1.12. The number of benzene rings is 3. The minimum Gasteiger partial charge on any atom is -0.508 e. The summed E-state index contributed by atoms with van der Waals surface area (Å²) < 4.78 is 0. The fourth-order valence-electron chi connectivity index (χ4n) is 16.7. The predicted molar refractivity (Wildman–Crippen MR) is 499 cm³/mol. The third-order valence-corrected chi connectivity index (χ3v) is 25.1. The molecule has 3 saturated heterocycles. The van der Waals surface area contributed by atoms with E-state index in [4.69, 9.17) is 28.3 Å². The second-order valence-electron chi connectivity index (χ2n) is 35.4. The molecule has 732 valence electrons. The lowest BCUT2D eigenvalue weighted by molar-refractivity contribution is -0.149.